The van der Waals surface area contributed by atoms with E-state index in [-0.39, 0.29) is 5.91 Å². The first kappa shape index (κ1) is 8.51. The van der Waals surface area contributed by atoms with Crippen LogP contribution in [0.2, 0.25) is 0 Å². The third-order valence-corrected chi connectivity index (χ3v) is 1.40. The fraction of sp³-hybridized carbons (Fsp3) is 0.500. The number of amides is 1. The molecule has 0 radical (unpaired) electrons. The summed E-state index contributed by atoms with van der Waals surface area (Å²) >= 11 is 0. The highest BCUT2D eigenvalue weighted by atomic mass is 16.2. The Morgan fingerprint density at radius 3 is 2.83 bits per heavy atom. The lowest BCUT2D eigenvalue weighted by atomic mass is 10.5. The van der Waals surface area contributed by atoms with Crippen LogP contribution < -0.4 is 11.1 Å². The van der Waals surface area contributed by atoms with Crippen molar-refractivity contribution in [3.05, 3.63) is 16.3 Å². The van der Waals surface area contributed by atoms with Crippen molar-refractivity contribution in [1.29, 1.82) is 0 Å². The minimum atomic E-state index is -0.436. The van der Waals surface area contributed by atoms with Crippen molar-refractivity contribution in [1.82, 2.24) is 14.9 Å². The molecular formula is C6H10N4O2. The van der Waals surface area contributed by atoms with Gasteiger partial charge in [0.25, 0.3) is 0 Å². The molecule has 66 valence electrons. The summed E-state index contributed by atoms with van der Waals surface area (Å²) in [6.07, 6.45) is 0.330. The Labute approximate surface area is 68.6 Å². The Balaban J connectivity index is 2.88. The van der Waals surface area contributed by atoms with Crippen LogP contribution in [0.5, 0.6) is 0 Å². The molecule has 0 aliphatic rings. The van der Waals surface area contributed by atoms with Crippen LogP contribution in [0, 0.1) is 6.92 Å². The van der Waals surface area contributed by atoms with Gasteiger partial charge in [-0.25, -0.2) is 9.89 Å². The van der Waals surface area contributed by atoms with Crippen molar-refractivity contribution in [2.75, 3.05) is 5.43 Å². The highest BCUT2D eigenvalue weighted by molar-refractivity contribution is 5.83. The first-order chi connectivity index (χ1) is 5.65. The fourth-order valence-corrected chi connectivity index (χ4v) is 0.711. The molecule has 1 heterocycles. The average molecular weight is 170 g/mol. The summed E-state index contributed by atoms with van der Waals surface area (Å²) in [5.41, 5.74) is 1.94. The number of H-pyrrole nitrogens is 1. The summed E-state index contributed by atoms with van der Waals surface area (Å²) in [6, 6.07) is 0. The number of rotatable bonds is 2. The molecule has 0 saturated carbocycles. The van der Waals surface area contributed by atoms with Gasteiger partial charge in [0.05, 0.1) is 0 Å². The molecular weight excluding hydrogens is 160 g/mol. The van der Waals surface area contributed by atoms with Crippen molar-refractivity contribution in [2.24, 2.45) is 0 Å². The fourth-order valence-electron chi connectivity index (χ4n) is 0.711. The highest BCUT2D eigenvalue weighted by Crippen LogP contribution is 1.83. The lowest BCUT2D eigenvalue weighted by Crippen LogP contribution is -2.31. The van der Waals surface area contributed by atoms with Crippen LogP contribution in [-0.4, -0.2) is 20.8 Å². The maximum atomic E-state index is 10.9. The number of aromatic nitrogens is 3. The molecule has 0 aliphatic heterocycles. The molecule has 6 heteroatoms. The van der Waals surface area contributed by atoms with Gasteiger partial charge in [-0.2, -0.15) is 9.77 Å². The van der Waals surface area contributed by atoms with Crippen molar-refractivity contribution < 1.29 is 4.79 Å². The van der Waals surface area contributed by atoms with Gasteiger partial charge in [0.1, 0.15) is 0 Å². The number of hydrogen-bond donors (Lipinski definition) is 2. The summed E-state index contributed by atoms with van der Waals surface area (Å²) in [6.45, 7) is 3.32. The lowest BCUT2D eigenvalue weighted by molar-refractivity contribution is -0.116. The van der Waals surface area contributed by atoms with Crippen LogP contribution in [0.1, 0.15) is 19.2 Å². The van der Waals surface area contributed by atoms with Crippen molar-refractivity contribution in [2.45, 2.75) is 20.3 Å². The third kappa shape index (κ3) is 1.52. The van der Waals surface area contributed by atoms with Gasteiger partial charge in [0, 0.05) is 6.42 Å². The molecule has 0 spiro atoms. The second-order valence-corrected chi connectivity index (χ2v) is 2.30. The molecule has 1 amide bonds. The van der Waals surface area contributed by atoms with Crippen molar-refractivity contribution in [3.63, 3.8) is 0 Å². The Morgan fingerprint density at radius 1 is 1.75 bits per heavy atom. The minimum Gasteiger partial charge on any atom is -0.273 e. The van der Waals surface area contributed by atoms with Gasteiger partial charge < -0.3 is 0 Å². The first-order valence-corrected chi connectivity index (χ1v) is 3.59. The third-order valence-electron chi connectivity index (χ3n) is 1.40. The molecule has 1 rings (SSSR count). The zero-order valence-electron chi connectivity index (χ0n) is 6.92. The van der Waals surface area contributed by atoms with E-state index in [1.807, 2.05) is 0 Å². The molecule has 0 fully saturated rings. The van der Waals surface area contributed by atoms with Gasteiger partial charge in [0.15, 0.2) is 5.82 Å². The maximum absolute atomic E-state index is 10.9. The number of aromatic amines is 1. The smallest absolute Gasteiger partial charge is 0.273 e. The SMILES string of the molecule is CCC(=O)Nn1c(C)n[nH]c1=O. The molecule has 0 unspecified atom stereocenters. The molecule has 1 aromatic heterocycles. The van der Waals surface area contributed by atoms with E-state index in [4.69, 9.17) is 0 Å². The van der Waals surface area contributed by atoms with Crippen LogP contribution >= 0.6 is 0 Å². The second kappa shape index (κ2) is 3.21. The largest absolute Gasteiger partial charge is 0.362 e. The van der Waals surface area contributed by atoms with Gasteiger partial charge in [-0.15, -0.1) is 0 Å². The monoisotopic (exact) mass is 170 g/mol. The number of carbonyl (C=O) groups is 1. The van der Waals surface area contributed by atoms with E-state index in [0.29, 0.717) is 12.2 Å². The average Bonchev–Trinajstić information content (AvgIpc) is 2.35. The summed E-state index contributed by atoms with van der Waals surface area (Å²) in [7, 11) is 0. The quantitative estimate of drug-likeness (QED) is 0.619. The molecule has 0 aromatic carbocycles. The Morgan fingerprint density at radius 2 is 2.42 bits per heavy atom. The van der Waals surface area contributed by atoms with E-state index < -0.39 is 5.69 Å². The lowest BCUT2D eigenvalue weighted by Gasteiger charge is -2.02. The van der Waals surface area contributed by atoms with E-state index >= 15 is 0 Å². The second-order valence-electron chi connectivity index (χ2n) is 2.30. The molecule has 0 atom stereocenters. The molecule has 6 nitrogen and oxygen atoms in total. The van der Waals surface area contributed by atoms with E-state index in [1.54, 1.807) is 13.8 Å². The van der Waals surface area contributed by atoms with Gasteiger partial charge in [0.2, 0.25) is 5.91 Å². The standard InChI is InChI=1S/C6H10N4O2/c1-3-5(11)9-10-4(2)7-8-6(10)12/h3H2,1-2H3,(H,8,12)(H,9,11). The number of nitrogens with zero attached hydrogens (tertiary/aromatic N) is 2. The van der Waals surface area contributed by atoms with Gasteiger partial charge in [-0.3, -0.25) is 10.2 Å². The summed E-state index contributed by atoms with van der Waals surface area (Å²) in [5.74, 6) is 0.211. The summed E-state index contributed by atoms with van der Waals surface area (Å²) in [4.78, 5) is 21.8. The molecule has 0 bridgehead atoms. The zero-order valence-corrected chi connectivity index (χ0v) is 6.92. The van der Waals surface area contributed by atoms with E-state index in [9.17, 15) is 9.59 Å². The van der Waals surface area contributed by atoms with Crippen LogP contribution in [0.15, 0.2) is 4.79 Å². The Hall–Kier alpha value is -1.59. The molecule has 0 saturated heterocycles. The predicted molar refractivity (Wildman–Crippen MR) is 42.2 cm³/mol. The molecule has 2 N–H and O–H groups in total. The van der Waals surface area contributed by atoms with Gasteiger partial charge in [-0.1, -0.05) is 6.92 Å². The molecule has 0 aliphatic carbocycles. The predicted octanol–water partition coefficient (Wildman–Crippen LogP) is -0.640. The molecule has 12 heavy (non-hydrogen) atoms. The Bertz CT molecular complexity index is 338. The van der Waals surface area contributed by atoms with Crippen LogP contribution in [0.25, 0.3) is 0 Å². The number of nitrogens with one attached hydrogen (secondary N) is 2. The number of aryl methyl sites for hydroxylation is 1. The number of carbonyl (C=O) groups excluding carboxylic acids is 1. The van der Waals surface area contributed by atoms with Crippen molar-refractivity contribution >= 4 is 5.91 Å². The molecule has 1 aromatic rings. The highest BCUT2D eigenvalue weighted by Gasteiger charge is 2.04. The van der Waals surface area contributed by atoms with E-state index in [0.717, 1.165) is 4.68 Å². The normalized spacial score (nSPS) is 9.83. The van der Waals surface area contributed by atoms with Crippen LogP contribution in [-0.2, 0) is 4.79 Å². The summed E-state index contributed by atoms with van der Waals surface area (Å²) in [5, 5.41) is 5.82. The first-order valence-electron chi connectivity index (χ1n) is 3.59. The van der Waals surface area contributed by atoms with E-state index in [1.165, 1.54) is 0 Å². The number of hydrogen-bond acceptors (Lipinski definition) is 3. The van der Waals surface area contributed by atoms with E-state index in [2.05, 4.69) is 15.6 Å². The zero-order chi connectivity index (χ0) is 9.14. The van der Waals surface area contributed by atoms with Gasteiger partial charge >= 0.3 is 5.69 Å². The van der Waals surface area contributed by atoms with Gasteiger partial charge in [-0.05, 0) is 6.92 Å². The summed E-state index contributed by atoms with van der Waals surface area (Å²) < 4.78 is 1.08. The Kier molecular flexibility index (Phi) is 2.27. The maximum Gasteiger partial charge on any atom is 0.362 e. The van der Waals surface area contributed by atoms with Crippen LogP contribution in [0.3, 0.4) is 0 Å². The minimum absolute atomic E-state index is 0.221. The van der Waals surface area contributed by atoms with Crippen molar-refractivity contribution in [3.8, 4) is 0 Å². The topological polar surface area (TPSA) is 79.8 Å². The van der Waals surface area contributed by atoms with Crippen LogP contribution in [0.4, 0.5) is 0 Å².